The second kappa shape index (κ2) is 8.75. The molecule has 0 radical (unpaired) electrons. The fourth-order valence-corrected chi connectivity index (χ4v) is 4.67. The molecule has 0 bridgehead atoms. The van der Waals surface area contributed by atoms with Crippen LogP contribution in [0.15, 0.2) is 16.4 Å². The summed E-state index contributed by atoms with van der Waals surface area (Å²) < 4.78 is 0. The first-order chi connectivity index (χ1) is 10.2. The molecule has 4 nitrogen and oxygen atoms in total. The Balaban J connectivity index is 0.00000176. The Morgan fingerprint density at radius 1 is 1.36 bits per heavy atom. The third-order valence-corrected chi connectivity index (χ3v) is 6.28. The summed E-state index contributed by atoms with van der Waals surface area (Å²) in [7, 11) is 0. The highest BCUT2D eigenvalue weighted by atomic mass is 127. The number of thioether (sulfide) groups is 1. The number of nitrogens with two attached hydrogens (primary N) is 1. The molecule has 0 aliphatic carbocycles. The van der Waals surface area contributed by atoms with Gasteiger partial charge in [-0.3, -0.25) is 9.89 Å². The normalized spacial score (nSPS) is 21.1. The number of thiophene rings is 1. The lowest BCUT2D eigenvalue weighted by atomic mass is 10.1. The van der Waals surface area contributed by atoms with E-state index in [4.69, 9.17) is 5.73 Å². The monoisotopic (exact) mass is 452 g/mol. The summed E-state index contributed by atoms with van der Waals surface area (Å²) in [4.78, 5) is 10.9. The number of rotatable bonds is 3. The lowest BCUT2D eigenvalue weighted by molar-refractivity contribution is 0.196. The average molecular weight is 452 g/mol. The number of hydrogen-bond donors (Lipinski definition) is 1. The van der Waals surface area contributed by atoms with E-state index in [2.05, 4.69) is 33.2 Å². The van der Waals surface area contributed by atoms with Crippen molar-refractivity contribution in [3.8, 4) is 0 Å². The lowest BCUT2D eigenvalue weighted by Gasteiger charge is -2.32. The number of hydrogen-bond acceptors (Lipinski definition) is 4. The molecular weight excluding hydrogens is 427 g/mol. The number of guanidine groups is 1. The Kier molecular flexibility index (Phi) is 7.30. The molecule has 1 saturated heterocycles. The van der Waals surface area contributed by atoms with Gasteiger partial charge in [0.2, 0.25) is 0 Å². The van der Waals surface area contributed by atoms with Gasteiger partial charge in [-0.25, -0.2) is 0 Å². The van der Waals surface area contributed by atoms with Gasteiger partial charge in [0.05, 0.1) is 6.54 Å². The maximum atomic E-state index is 6.14. The van der Waals surface area contributed by atoms with E-state index in [1.54, 1.807) is 4.88 Å². The van der Waals surface area contributed by atoms with Crippen LogP contribution in [0.4, 0.5) is 0 Å². The molecule has 1 unspecified atom stereocenters. The van der Waals surface area contributed by atoms with Crippen molar-refractivity contribution in [2.45, 2.75) is 25.9 Å². The number of halogens is 1. The average Bonchev–Trinajstić information content (AvgIpc) is 3.00. The van der Waals surface area contributed by atoms with Crippen molar-refractivity contribution in [1.29, 1.82) is 0 Å². The van der Waals surface area contributed by atoms with Crippen molar-refractivity contribution in [3.05, 3.63) is 21.9 Å². The highest BCUT2D eigenvalue weighted by Crippen LogP contribution is 2.25. The Morgan fingerprint density at radius 3 is 2.91 bits per heavy atom. The molecule has 1 aromatic rings. The van der Waals surface area contributed by atoms with Crippen LogP contribution in [0.2, 0.25) is 0 Å². The lowest BCUT2D eigenvalue weighted by Crippen LogP contribution is -2.44. The van der Waals surface area contributed by atoms with Crippen LogP contribution < -0.4 is 5.73 Å². The molecule has 7 heteroatoms. The summed E-state index contributed by atoms with van der Waals surface area (Å²) in [5.41, 5.74) is 7.64. The van der Waals surface area contributed by atoms with Gasteiger partial charge in [0.25, 0.3) is 0 Å². The van der Waals surface area contributed by atoms with Crippen molar-refractivity contribution in [2.75, 3.05) is 37.7 Å². The molecule has 0 aromatic carbocycles. The predicted octanol–water partition coefficient (Wildman–Crippen LogP) is 2.48. The molecule has 2 aliphatic rings. The van der Waals surface area contributed by atoms with Gasteiger partial charge >= 0.3 is 0 Å². The maximum Gasteiger partial charge on any atom is 0.191 e. The van der Waals surface area contributed by atoms with Crippen molar-refractivity contribution in [1.82, 2.24) is 9.80 Å². The van der Waals surface area contributed by atoms with Crippen LogP contribution in [-0.2, 0) is 13.0 Å². The quantitative estimate of drug-likeness (QED) is 0.435. The fourth-order valence-electron chi connectivity index (χ4n) is 2.88. The number of aliphatic imine (C=N–C) groups is 1. The molecule has 124 valence electrons. The van der Waals surface area contributed by atoms with Crippen LogP contribution >= 0.6 is 47.1 Å². The van der Waals surface area contributed by atoms with Crippen LogP contribution in [0.1, 0.15) is 17.4 Å². The minimum atomic E-state index is 0. The molecule has 0 spiro atoms. The SMILES string of the molecule is CC(CN=C(N)N1CCSCC1)N1CCc2sccc2C1.I. The second-order valence-electron chi connectivity index (χ2n) is 5.74. The van der Waals surface area contributed by atoms with Crippen molar-refractivity contribution in [2.24, 2.45) is 10.7 Å². The van der Waals surface area contributed by atoms with Crippen LogP contribution in [0.3, 0.4) is 0 Å². The maximum absolute atomic E-state index is 6.14. The van der Waals surface area contributed by atoms with Gasteiger partial charge in [-0.1, -0.05) is 0 Å². The highest BCUT2D eigenvalue weighted by Gasteiger charge is 2.21. The first-order valence-electron chi connectivity index (χ1n) is 7.66. The second-order valence-corrected chi connectivity index (χ2v) is 7.96. The van der Waals surface area contributed by atoms with Crippen molar-refractivity contribution < 1.29 is 0 Å². The van der Waals surface area contributed by atoms with E-state index in [9.17, 15) is 0 Å². The minimum absolute atomic E-state index is 0. The van der Waals surface area contributed by atoms with Crippen molar-refractivity contribution in [3.63, 3.8) is 0 Å². The van der Waals surface area contributed by atoms with Gasteiger partial charge in [-0.2, -0.15) is 11.8 Å². The summed E-state index contributed by atoms with van der Waals surface area (Å²) >= 11 is 3.89. The van der Waals surface area contributed by atoms with Gasteiger partial charge in [0.15, 0.2) is 5.96 Å². The summed E-state index contributed by atoms with van der Waals surface area (Å²) in [6.07, 6.45) is 1.18. The molecule has 2 N–H and O–H groups in total. The molecule has 0 amide bonds. The van der Waals surface area contributed by atoms with Gasteiger partial charge in [0.1, 0.15) is 0 Å². The highest BCUT2D eigenvalue weighted by molar-refractivity contribution is 14.0. The molecule has 1 aromatic heterocycles. The Labute approximate surface area is 158 Å². The van der Waals surface area contributed by atoms with E-state index < -0.39 is 0 Å². The van der Waals surface area contributed by atoms with Gasteiger partial charge < -0.3 is 10.6 Å². The van der Waals surface area contributed by atoms with E-state index >= 15 is 0 Å². The molecule has 1 fully saturated rings. The van der Waals surface area contributed by atoms with Crippen LogP contribution in [0.5, 0.6) is 0 Å². The van der Waals surface area contributed by atoms with Crippen LogP contribution in [0, 0.1) is 0 Å². The third-order valence-electron chi connectivity index (χ3n) is 4.31. The van der Waals surface area contributed by atoms with Crippen LogP contribution in [-0.4, -0.2) is 59.5 Å². The van der Waals surface area contributed by atoms with Gasteiger partial charge in [-0.05, 0) is 30.4 Å². The van der Waals surface area contributed by atoms with E-state index in [0.717, 1.165) is 38.7 Å². The zero-order valence-electron chi connectivity index (χ0n) is 13.0. The smallest absolute Gasteiger partial charge is 0.191 e. The Bertz CT molecular complexity index is 499. The summed E-state index contributed by atoms with van der Waals surface area (Å²) in [5, 5.41) is 2.21. The zero-order chi connectivity index (χ0) is 14.7. The Morgan fingerprint density at radius 2 is 2.14 bits per heavy atom. The summed E-state index contributed by atoms with van der Waals surface area (Å²) in [6, 6.07) is 2.72. The molecule has 22 heavy (non-hydrogen) atoms. The molecule has 1 atom stereocenters. The van der Waals surface area contributed by atoms with E-state index in [-0.39, 0.29) is 24.0 Å². The molecular formula is C15H25IN4S2. The first-order valence-corrected chi connectivity index (χ1v) is 9.69. The van der Waals surface area contributed by atoms with Crippen LogP contribution in [0.25, 0.3) is 0 Å². The standard InChI is InChI=1S/C15H24N4S2.HI/c1-12(10-17-15(16)18-5-8-20-9-6-18)19-4-2-14-13(11-19)3-7-21-14;/h3,7,12H,2,4-6,8-11H2,1H3,(H2,16,17);1H. The van der Waals surface area contributed by atoms with Gasteiger partial charge in [-0.15, -0.1) is 35.3 Å². The molecule has 2 aliphatic heterocycles. The topological polar surface area (TPSA) is 44.9 Å². The Hall–Kier alpha value is 0.01000. The predicted molar refractivity (Wildman–Crippen MR) is 109 cm³/mol. The molecule has 0 saturated carbocycles. The van der Waals surface area contributed by atoms with E-state index in [1.807, 2.05) is 23.1 Å². The first kappa shape index (κ1) is 18.4. The third kappa shape index (κ3) is 4.52. The zero-order valence-corrected chi connectivity index (χ0v) is 17.0. The minimum Gasteiger partial charge on any atom is -0.370 e. The van der Waals surface area contributed by atoms with E-state index in [1.165, 1.54) is 23.5 Å². The number of fused-ring (bicyclic) bond motifs is 1. The van der Waals surface area contributed by atoms with E-state index in [0.29, 0.717) is 6.04 Å². The summed E-state index contributed by atoms with van der Waals surface area (Å²) in [5.74, 6) is 3.06. The number of nitrogens with zero attached hydrogens (tertiary/aromatic N) is 3. The largest absolute Gasteiger partial charge is 0.370 e. The molecule has 3 heterocycles. The van der Waals surface area contributed by atoms with Gasteiger partial charge in [0, 0.05) is 48.6 Å². The fraction of sp³-hybridized carbons (Fsp3) is 0.667. The molecule has 3 rings (SSSR count). The summed E-state index contributed by atoms with van der Waals surface area (Å²) in [6.45, 7) is 7.35. The van der Waals surface area contributed by atoms with Crippen molar-refractivity contribution >= 4 is 53.0 Å².